The molecule has 4 rings (SSSR count). The maximum Gasteiger partial charge on any atom is 0.510 e. The van der Waals surface area contributed by atoms with E-state index < -0.39 is 11.9 Å². The maximum atomic E-state index is 14.0. The van der Waals surface area contributed by atoms with Crippen LogP contribution in [-0.2, 0) is 15.9 Å². The highest BCUT2D eigenvalue weighted by molar-refractivity contribution is 5.64. The van der Waals surface area contributed by atoms with Crippen molar-refractivity contribution >= 4 is 12.5 Å². The molecule has 0 saturated heterocycles. The third-order valence-corrected chi connectivity index (χ3v) is 8.08. The van der Waals surface area contributed by atoms with Crippen molar-refractivity contribution in [3.63, 3.8) is 0 Å². The van der Waals surface area contributed by atoms with Crippen LogP contribution in [0, 0.1) is 17.7 Å². The molecule has 6 nitrogen and oxygen atoms in total. The molecule has 0 radical (unpaired) electrons. The Labute approximate surface area is 220 Å². The normalized spacial score (nSPS) is 26.3. The van der Waals surface area contributed by atoms with Gasteiger partial charge in [0.2, 0.25) is 5.72 Å². The van der Waals surface area contributed by atoms with Crippen LogP contribution in [0.3, 0.4) is 0 Å². The molecule has 1 heterocycles. The van der Waals surface area contributed by atoms with Crippen LogP contribution in [0.2, 0.25) is 0 Å². The highest BCUT2D eigenvalue weighted by atomic mass is 19.1. The second kappa shape index (κ2) is 12.1. The molecule has 0 aromatic heterocycles. The van der Waals surface area contributed by atoms with Gasteiger partial charge in [-0.3, -0.25) is 0 Å². The molecular formula is C30H40FN3O3. The summed E-state index contributed by atoms with van der Waals surface area (Å²) in [6, 6.07) is 17.6. The van der Waals surface area contributed by atoms with Gasteiger partial charge in [-0.05, 0) is 81.8 Å². The predicted octanol–water partition coefficient (Wildman–Crippen LogP) is 6.08. The van der Waals surface area contributed by atoms with Gasteiger partial charge in [0, 0.05) is 12.6 Å². The second-order valence-corrected chi connectivity index (χ2v) is 10.8. The summed E-state index contributed by atoms with van der Waals surface area (Å²) in [5.74, 6) is 0.789. The highest BCUT2D eigenvalue weighted by Crippen LogP contribution is 2.43. The molecule has 37 heavy (non-hydrogen) atoms. The van der Waals surface area contributed by atoms with E-state index in [0.29, 0.717) is 11.8 Å². The molecule has 0 N–H and O–H groups in total. The Bertz CT molecular complexity index is 1060. The number of ether oxygens (including phenoxy) is 2. The van der Waals surface area contributed by atoms with Crippen LogP contribution < -0.4 is 0 Å². The van der Waals surface area contributed by atoms with Crippen molar-refractivity contribution in [2.45, 2.75) is 63.3 Å². The van der Waals surface area contributed by atoms with Crippen LogP contribution >= 0.6 is 0 Å². The Kier molecular flexibility index (Phi) is 8.85. The molecule has 2 aliphatic rings. The van der Waals surface area contributed by atoms with E-state index in [1.165, 1.54) is 18.7 Å². The Balaban J connectivity index is 1.42. The summed E-state index contributed by atoms with van der Waals surface area (Å²) in [5.41, 5.74) is 1.34. The summed E-state index contributed by atoms with van der Waals surface area (Å²) in [5, 5.41) is 0. The van der Waals surface area contributed by atoms with Crippen LogP contribution in [0.5, 0.6) is 0 Å². The molecule has 2 aromatic rings. The lowest BCUT2D eigenvalue weighted by Gasteiger charge is -2.40. The number of hydrogen-bond acceptors (Lipinski definition) is 6. The summed E-state index contributed by atoms with van der Waals surface area (Å²) in [6.07, 6.45) is 7.25. The first-order chi connectivity index (χ1) is 17.8. The fourth-order valence-corrected chi connectivity index (χ4v) is 6.18. The van der Waals surface area contributed by atoms with Crippen molar-refractivity contribution in [1.82, 2.24) is 9.80 Å². The number of rotatable bonds is 9. The Morgan fingerprint density at radius 3 is 2.51 bits per heavy atom. The van der Waals surface area contributed by atoms with Gasteiger partial charge in [0.1, 0.15) is 5.82 Å². The summed E-state index contributed by atoms with van der Waals surface area (Å²) >= 11 is 0. The minimum atomic E-state index is -0.978. The van der Waals surface area contributed by atoms with Crippen LogP contribution in [0.4, 0.5) is 9.18 Å². The molecule has 2 aromatic carbocycles. The molecule has 1 fully saturated rings. The lowest BCUT2D eigenvalue weighted by molar-refractivity contribution is -0.0461. The molecule has 3 unspecified atom stereocenters. The molecule has 1 aliphatic carbocycles. The molecular weight excluding hydrogens is 469 g/mol. The predicted molar refractivity (Wildman–Crippen MR) is 144 cm³/mol. The first-order valence-corrected chi connectivity index (χ1v) is 13.3. The first-order valence-electron chi connectivity index (χ1n) is 13.3. The van der Waals surface area contributed by atoms with Crippen molar-refractivity contribution in [1.29, 1.82) is 0 Å². The van der Waals surface area contributed by atoms with E-state index in [1.807, 2.05) is 25.4 Å². The van der Waals surface area contributed by atoms with Crippen molar-refractivity contribution in [3.05, 3.63) is 71.5 Å². The zero-order valence-electron chi connectivity index (χ0n) is 22.5. The summed E-state index contributed by atoms with van der Waals surface area (Å²) in [4.78, 5) is 21.2. The zero-order chi connectivity index (χ0) is 26.4. The number of halogens is 1. The quantitative estimate of drug-likeness (QED) is 0.384. The Morgan fingerprint density at radius 2 is 1.86 bits per heavy atom. The zero-order valence-corrected chi connectivity index (χ0v) is 22.5. The van der Waals surface area contributed by atoms with Gasteiger partial charge in [-0.15, -0.1) is 0 Å². The summed E-state index contributed by atoms with van der Waals surface area (Å²) < 4.78 is 24.5. The Hall–Kier alpha value is -2.93. The average Bonchev–Trinajstić information content (AvgIpc) is 3.18. The smallest absolute Gasteiger partial charge is 0.438 e. The number of nitrogens with zero attached hydrogens (tertiary/aromatic N) is 3. The first kappa shape index (κ1) is 27.1. The van der Waals surface area contributed by atoms with Gasteiger partial charge < -0.3 is 19.3 Å². The molecule has 0 spiro atoms. The molecule has 3 atom stereocenters. The number of carbonyl (C=O) groups is 1. The van der Waals surface area contributed by atoms with E-state index in [9.17, 15) is 9.18 Å². The van der Waals surface area contributed by atoms with Crippen LogP contribution in [0.15, 0.2) is 59.6 Å². The molecule has 0 amide bonds. The third kappa shape index (κ3) is 6.69. The van der Waals surface area contributed by atoms with Crippen LogP contribution in [0.1, 0.15) is 56.2 Å². The van der Waals surface area contributed by atoms with Crippen molar-refractivity contribution in [3.8, 4) is 0 Å². The molecule has 1 saturated carbocycles. The number of aliphatic imine (C=N–C) groups is 1. The SMILES string of the molecule is COC(=O)OC1(C)N=CN(CCc2ccccc2)C1CC1CCC(C(c2cccc(F)c2)N(C)C)CC1. The van der Waals surface area contributed by atoms with Gasteiger partial charge in [-0.25, -0.2) is 14.2 Å². The van der Waals surface area contributed by atoms with Crippen molar-refractivity contribution < 1.29 is 18.7 Å². The monoisotopic (exact) mass is 509 g/mol. The van der Waals surface area contributed by atoms with Gasteiger partial charge in [0.05, 0.1) is 19.5 Å². The van der Waals surface area contributed by atoms with Gasteiger partial charge in [-0.1, -0.05) is 55.3 Å². The fraction of sp³-hybridized carbons (Fsp3) is 0.533. The number of methoxy groups -OCH3 is 1. The van der Waals surface area contributed by atoms with E-state index in [2.05, 4.69) is 53.2 Å². The number of carbonyl (C=O) groups excluding carboxylic acids is 1. The average molecular weight is 510 g/mol. The number of benzene rings is 2. The van der Waals surface area contributed by atoms with Crippen molar-refractivity contribution in [2.24, 2.45) is 16.8 Å². The van der Waals surface area contributed by atoms with Crippen molar-refractivity contribution in [2.75, 3.05) is 27.7 Å². The van der Waals surface area contributed by atoms with E-state index in [0.717, 1.165) is 50.6 Å². The van der Waals surface area contributed by atoms with Gasteiger partial charge in [0.15, 0.2) is 0 Å². The second-order valence-electron chi connectivity index (χ2n) is 10.8. The Morgan fingerprint density at radius 1 is 1.14 bits per heavy atom. The van der Waals surface area contributed by atoms with E-state index in [4.69, 9.17) is 9.47 Å². The van der Waals surface area contributed by atoms with Gasteiger partial charge in [-0.2, -0.15) is 0 Å². The van der Waals surface area contributed by atoms with Crippen LogP contribution in [-0.4, -0.2) is 61.8 Å². The van der Waals surface area contributed by atoms with Crippen LogP contribution in [0.25, 0.3) is 0 Å². The minimum Gasteiger partial charge on any atom is -0.438 e. The molecule has 0 bridgehead atoms. The largest absolute Gasteiger partial charge is 0.510 e. The summed E-state index contributed by atoms with van der Waals surface area (Å²) in [7, 11) is 5.49. The maximum absolute atomic E-state index is 14.0. The lowest BCUT2D eigenvalue weighted by Crippen LogP contribution is -2.48. The number of hydrogen-bond donors (Lipinski definition) is 0. The minimum absolute atomic E-state index is 0.0512. The molecule has 1 aliphatic heterocycles. The topological polar surface area (TPSA) is 54.4 Å². The third-order valence-electron chi connectivity index (χ3n) is 8.08. The molecule has 7 heteroatoms. The summed E-state index contributed by atoms with van der Waals surface area (Å²) in [6.45, 7) is 2.68. The standard InChI is InChI=1S/C30H40FN3O3/c1-30(37-29(35)36-4)27(34(21-32-30)18-17-22-9-6-5-7-10-22)19-23-13-15-24(16-14-23)28(33(2)3)25-11-8-12-26(31)20-25/h5-12,20-21,23-24,27-28H,13-19H2,1-4H3. The fourth-order valence-electron chi connectivity index (χ4n) is 6.18. The van der Waals surface area contributed by atoms with E-state index in [1.54, 1.807) is 12.1 Å². The van der Waals surface area contributed by atoms with E-state index >= 15 is 0 Å². The van der Waals surface area contributed by atoms with Gasteiger partial charge >= 0.3 is 6.16 Å². The van der Waals surface area contributed by atoms with Gasteiger partial charge in [0.25, 0.3) is 0 Å². The van der Waals surface area contributed by atoms with E-state index in [-0.39, 0.29) is 17.9 Å². The lowest BCUT2D eigenvalue weighted by atomic mass is 9.74. The highest BCUT2D eigenvalue weighted by Gasteiger charge is 2.46. The molecule has 200 valence electrons.